The Kier molecular flexibility index (Phi) is 5.23. The Morgan fingerprint density at radius 2 is 1.90 bits per heavy atom. The van der Waals surface area contributed by atoms with Crippen LogP contribution in [0.25, 0.3) is 0 Å². The normalized spacial score (nSPS) is 41.8. The number of Topliss-reactive ketones (excluding diaryl/α,β-unsaturated/α-hetero) is 1. The maximum absolute atomic E-state index is 13.5. The molecule has 0 heterocycles. The van der Waals surface area contributed by atoms with Crippen LogP contribution in [0.3, 0.4) is 0 Å². The summed E-state index contributed by atoms with van der Waals surface area (Å²) in [6, 6.07) is 0. The number of halogens is 2. The van der Waals surface area contributed by atoms with Crippen LogP contribution in [0, 0.1) is 34.5 Å². The van der Waals surface area contributed by atoms with E-state index in [1.165, 1.54) is 12.0 Å². The van der Waals surface area contributed by atoms with Gasteiger partial charge < -0.3 is 4.74 Å². The third kappa shape index (κ3) is 3.19. The van der Waals surface area contributed by atoms with Gasteiger partial charge in [-0.05, 0) is 79.1 Å². The fraction of sp³-hybridized carbons (Fsp3) is 0.750. The van der Waals surface area contributed by atoms with Gasteiger partial charge in [0.2, 0.25) is 6.10 Å². The number of hydrogen-bond acceptors (Lipinski definition) is 3. The molecule has 0 aliphatic heterocycles. The smallest absolute Gasteiger partial charge is 0.303 e. The first-order valence-corrected chi connectivity index (χ1v) is 11.0. The predicted molar refractivity (Wildman–Crippen MR) is 106 cm³/mol. The maximum atomic E-state index is 13.5. The SMILES string of the molecule is CC(=O)OC(C(=O)[C@H]1CC[C@H]2[C@@H]3CC=C4C=CCC[C@]4(C)[C@H]3CC[C@]12C)C(F)F. The second kappa shape index (κ2) is 7.31. The monoisotopic (exact) mass is 406 g/mol. The lowest BCUT2D eigenvalue weighted by atomic mass is 9.48. The first kappa shape index (κ1) is 20.7. The molecule has 4 aliphatic carbocycles. The molecule has 0 bridgehead atoms. The van der Waals surface area contributed by atoms with Crippen LogP contribution in [0.1, 0.15) is 65.7 Å². The lowest BCUT2D eigenvalue weighted by Crippen LogP contribution is -2.51. The summed E-state index contributed by atoms with van der Waals surface area (Å²) in [7, 11) is 0. The van der Waals surface area contributed by atoms with Crippen LogP contribution >= 0.6 is 0 Å². The quantitative estimate of drug-likeness (QED) is 0.579. The Hall–Kier alpha value is -1.52. The summed E-state index contributed by atoms with van der Waals surface area (Å²) < 4.78 is 31.8. The van der Waals surface area contributed by atoms with E-state index in [1.807, 2.05) is 0 Å². The van der Waals surface area contributed by atoms with Crippen molar-refractivity contribution in [2.24, 2.45) is 34.5 Å². The zero-order chi connectivity index (χ0) is 21.0. The van der Waals surface area contributed by atoms with Crippen LogP contribution in [-0.2, 0) is 14.3 Å². The Morgan fingerprint density at radius 3 is 2.59 bits per heavy atom. The maximum Gasteiger partial charge on any atom is 0.303 e. The summed E-state index contributed by atoms with van der Waals surface area (Å²) in [6.07, 6.45) is 8.80. The number of hydrogen-bond donors (Lipinski definition) is 0. The average molecular weight is 407 g/mol. The van der Waals surface area contributed by atoms with E-state index < -0.39 is 30.2 Å². The predicted octanol–water partition coefficient (Wildman–Crippen LogP) is 5.50. The minimum Gasteiger partial charge on any atom is -0.448 e. The van der Waals surface area contributed by atoms with Gasteiger partial charge >= 0.3 is 5.97 Å². The van der Waals surface area contributed by atoms with Gasteiger partial charge in [0.1, 0.15) is 0 Å². The molecule has 5 heteroatoms. The molecule has 0 spiro atoms. The van der Waals surface area contributed by atoms with Crippen molar-refractivity contribution >= 4 is 11.8 Å². The molecule has 0 aromatic carbocycles. The van der Waals surface area contributed by atoms with E-state index in [1.54, 1.807) is 0 Å². The lowest BCUT2D eigenvalue weighted by molar-refractivity contribution is -0.166. The van der Waals surface area contributed by atoms with Gasteiger partial charge in [0, 0.05) is 12.8 Å². The largest absolute Gasteiger partial charge is 0.448 e. The number of ketones is 1. The summed E-state index contributed by atoms with van der Waals surface area (Å²) in [5, 5.41) is 0. The summed E-state index contributed by atoms with van der Waals surface area (Å²) in [5.74, 6) is -0.375. The summed E-state index contributed by atoms with van der Waals surface area (Å²) in [5.41, 5.74) is 1.38. The van der Waals surface area contributed by atoms with Crippen molar-refractivity contribution in [3.05, 3.63) is 23.8 Å². The highest BCUT2D eigenvalue weighted by molar-refractivity contribution is 5.88. The Morgan fingerprint density at radius 1 is 1.14 bits per heavy atom. The van der Waals surface area contributed by atoms with Crippen LogP contribution in [-0.4, -0.2) is 24.3 Å². The molecule has 0 amide bonds. The minimum atomic E-state index is -2.97. The second-order valence-corrected chi connectivity index (χ2v) is 10.1. The van der Waals surface area contributed by atoms with Crippen molar-refractivity contribution in [2.75, 3.05) is 0 Å². The Labute approximate surface area is 171 Å². The number of carbonyl (C=O) groups excluding carboxylic acids is 2. The number of fused-ring (bicyclic) bond motifs is 5. The van der Waals surface area contributed by atoms with Crippen molar-refractivity contribution in [2.45, 2.75) is 78.2 Å². The highest BCUT2D eigenvalue weighted by Gasteiger charge is 2.60. The third-order valence-electron chi connectivity index (χ3n) is 8.80. The molecule has 3 nitrogen and oxygen atoms in total. The highest BCUT2D eigenvalue weighted by atomic mass is 19.3. The molecule has 0 aromatic rings. The van der Waals surface area contributed by atoms with Gasteiger partial charge in [-0.2, -0.15) is 0 Å². The molecular formula is C24H32F2O3. The van der Waals surface area contributed by atoms with Crippen molar-refractivity contribution in [1.82, 2.24) is 0 Å². The van der Waals surface area contributed by atoms with Crippen LogP contribution in [0.15, 0.2) is 23.8 Å². The summed E-state index contributed by atoms with van der Waals surface area (Å²) in [4.78, 5) is 24.3. The van der Waals surface area contributed by atoms with Crippen LogP contribution in [0.4, 0.5) is 8.78 Å². The van der Waals surface area contributed by atoms with Crippen molar-refractivity contribution < 1.29 is 23.1 Å². The van der Waals surface area contributed by atoms with Crippen molar-refractivity contribution in [3.8, 4) is 0 Å². The van der Waals surface area contributed by atoms with Crippen molar-refractivity contribution in [1.29, 1.82) is 0 Å². The van der Waals surface area contributed by atoms with E-state index in [2.05, 4.69) is 32.1 Å². The molecule has 2 saturated carbocycles. The third-order valence-corrected chi connectivity index (χ3v) is 8.80. The van der Waals surface area contributed by atoms with Crippen molar-refractivity contribution in [3.63, 3.8) is 0 Å². The number of ether oxygens (including phenoxy) is 1. The lowest BCUT2D eigenvalue weighted by Gasteiger charge is -2.56. The average Bonchev–Trinajstić information content (AvgIpc) is 3.02. The molecule has 0 N–H and O–H groups in total. The van der Waals surface area contributed by atoms with Gasteiger partial charge in [-0.3, -0.25) is 9.59 Å². The van der Waals surface area contributed by atoms with Crippen LogP contribution in [0.2, 0.25) is 0 Å². The van der Waals surface area contributed by atoms with Gasteiger partial charge in [-0.25, -0.2) is 8.78 Å². The topological polar surface area (TPSA) is 43.4 Å². The van der Waals surface area contributed by atoms with Gasteiger partial charge in [0.05, 0.1) is 0 Å². The Balaban J connectivity index is 1.60. The number of alkyl halides is 2. The van der Waals surface area contributed by atoms with Crippen LogP contribution < -0.4 is 0 Å². The van der Waals surface area contributed by atoms with Gasteiger partial charge in [0.15, 0.2) is 5.78 Å². The second-order valence-electron chi connectivity index (χ2n) is 10.1. The van der Waals surface area contributed by atoms with E-state index >= 15 is 0 Å². The molecule has 2 fully saturated rings. The summed E-state index contributed by atoms with van der Waals surface area (Å²) >= 11 is 0. The number of rotatable bonds is 4. The Bertz CT molecular complexity index is 757. The molecule has 4 rings (SSSR count). The van der Waals surface area contributed by atoms with Crippen LogP contribution in [0.5, 0.6) is 0 Å². The minimum absolute atomic E-state index is 0.199. The first-order chi connectivity index (χ1) is 13.7. The summed E-state index contributed by atoms with van der Waals surface area (Å²) in [6.45, 7) is 5.60. The highest BCUT2D eigenvalue weighted by Crippen LogP contribution is 2.66. The molecule has 29 heavy (non-hydrogen) atoms. The first-order valence-electron chi connectivity index (χ1n) is 11.0. The van der Waals surface area contributed by atoms with Gasteiger partial charge in [-0.1, -0.05) is 32.1 Å². The van der Waals surface area contributed by atoms with E-state index in [4.69, 9.17) is 4.74 Å². The number of carbonyl (C=O) groups is 2. The zero-order valence-corrected chi connectivity index (χ0v) is 17.6. The molecule has 1 unspecified atom stereocenters. The fourth-order valence-corrected chi connectivity index (χ4v) is 7.38. The fourth-order valence-electron chi connectivity index (χ4n) is 7.38. The van der Waals surface area contributed by atoms with E-state index in [9.17, 15) is 18.4 Å². The number of allylic oxidation sites excluding steroid dienone is 4. The molecule has 0 aromatic heterocycles. The molecule has 0 radical (unpaired) electrons. The number of esters is 1. The van der Waals surface area contributed by atoms with Gasteiger partial charge in [0.25, 0.3) is 6.43 Å². The standard InChI is InChI=1S/C24H32F2O3/c1-14(27)29-21(22(25)26)20(28)19-10-9-17-16-8-7-15-6-4-5-12-23(15,2)18(16)11-13-24(17,19)3/h4,6-7,16-19,21-22H,5,8-13H2,1-3H3/t16-,17-,18-,19+,21?,23-,24-/m0/s1. The molecule has 160 valence electrons. The zero-order valence-electron chi connectivity index (χ0n) is 17.6. The van der Waals surface area contributed by atoms with Gasteiger partial charge in [-0.15, -0.1) is 0 Å². The van der Waals surface area contributed by atoms with E-state index in [0.29, 0.717) is 24.2 Å². The molecular weight excluding hydrogens is 374 g/mol. The van der Waals surface area contributed by atoms with E-state index in [-0.39, 0.29) is 10.8 Å². The molecule has 7 atom stereocenters. The molecule has 4 aliphatic rings. The molecule has 0 saturated heterocycles. The van der Waals surface area contributed by atoms with E-state index in [0.717, 1.165) is 39.0 Å².